The molecule has 2 heterocycles. The van der Waals surface area contributed by atoms with E-state index in [9.17, 15) is 58.5 Å². The zero-order valence-corrected chi connectivity index (χ0v) is 30.9. The molecule has 1 aliphatic rings. The molecule has 21 heteroatoms. The van der Waals surface area contributed by atoms with Gasteiger partial charge in [0.05, 0.1) is 18.6 Å². The van der Waals surface area contributed by atoms with E-state index in [1.165, 1.54) is 20.8 Å². The quantitative estimate of drug-likeness (QED) is 0.0651. The predicted octanol–water partition coefficient (Wildman–Crippen LogP) is -2.70. The molecule has 0 unspecified atom stereocenters. The third-order valence-electron chi connectivity index (χ3n) is 9.12. The minimum absolute atomic E-state index is 0.0409. The zero-order chi connectivity index (χ0) is 41.9. The van der Waals surface area contributed by atoms with Crippen LogP contribution < -0.4 is 32.3 Å². The van der Waals surface area contributed by atoms with Crippen molar-refractivity contribution in [1.82, 2.24) is 36.5 Å². The third-order valence-corrected chi connectivity index (χ3v) is 9.12. The summed E-state index contributed by atoms with van der Waals surface area (Å²) in [6.07, 6.45) is -1.04. The van der Waals surface area contributed by atoms with Gasteiger partial charge in [0.2, 0.25) is 35.4 Å². The number of hydrogen-bond donors (Lipinski definition) is 11. The maximum Gasteiger partial charge on any atom is 0.326 e. The lowest BCUT2D eigenvalue weighted by Crippen LogP contribution is -2.60. The second-order valence-corrected chi connectivity index (χ2v) is 13.5. The van der Waals surface area contributed by atoms with Crippen LogP contribution in [0.2, 0.25) is 0 Å². The van der Waals surface area contributed by atoms with E-state index < -0.39 is 115 Å². The molecule has 0 bridgehead atoms. The Hall–Kier alpha value is -6.09. The van der Waals surface area contributed by atoms with E-state index in [0.29, 0.717) is 22.9 Å². The second-order valence-electron chi connectivity index (χ2n) is 13.5. The van der Waals surface area contributed by atoms with Gasteiger partial charge in [0.1, 0.15) is 36.3 Å². The van der Waals surface area contributed by atoms with Gasteiger partial charge in [0.15, 0.2) is 0 Å². The van der Waals surface area contributed by atoms with Gasteiger partial charge in [-0.05, 0) is 51.7 Å². The van der Waals surface area contributed by atoms with Gasteiger partial charge in [-0.1, -0.05) is 18.2 Å². The summed E-state index contributed by atoms with van der Waals surface area (Å²) in [5.41, 5.74) is 7.00. The van der Waals surface area contributed by atoms with Crippen LogP contribution in [0.5, 0.6) is 0 Å². The van der Waals surface area contributed by atoms with Crippen LogP contribution in [0.15, 0.2) is 30.5 Å². The fourth-order valence-electron chi connectivity index (χ4n) is 6.01. The monoisotopic (exact) mass is 788 g/mol. The lowest BCUT2D eigenvalue weighted by molar-refractivity contribution is -0.150. The Kier molecular flexibility index (Phi) is 15.8. The van der Waals surface area contributed by atoms with Crippen molar-refractivity contribution in [3.05, 3.63) is 36.0 Å². The van der Waals surface area contributed by atoms with Crippen molar-refractivity contribution in [1.29, 1.82) is 0 Å². The Morgan fingerprint density at radius 1 is 0.804 bits per heavy atom. The van der Waals surface area contributed by atoms with Crippen molar-refractivity contribution in [2.24, 2.45) is 5.73 Å². The van der Waals surface area contributed by atoms with Crippen LogP contribution in [0.25, 0.3) is 10.9 Å². The number of aliphatic carboxylic acids is 3. The number of nitrogens with two attached hydrogens (primary N) is 1. The Bertz CT molecular complexity index is 1810. The molecule has 1 aromatic carbocycles. The number of carboxylic acid groups (broad SMARTS) is 3. The number of para-hydroxylation sites is 1. The normalized spacial score (nSPS) is 17.6. The number of hydrogen-bond acceptors (Lipinski definition) is 11. The first-order valence-corrected chi connectivity index (χ1v) is 17.8. The minimum atomic E-state index is -1.65. The van der Waals surface area contributed by atoms with Crippen molar-refractivity contribution in [3.8, 4) is 0 Å². The predicted molar refractivity (Wildman–Crippen MR) is 194 cm³/mol. The molecular weight excluding hydrogens is 740 g/mol. The molecule has 2 aromatic rings. The first kappa shape index (κ1) is 44.3. The van der Waals surface area contributed by atoms with Gasteiger partial charge in [-0.2, -0.15) is 0 Å². The van der Waals surface area contributed by atoms with Gasteiger partial charge in [-0.15, -0.1) is 0 Å². The van der Waals surface area contributed by atoms with Crippen LogP contribution in [0, 0.1) is 0 Å². The molecular formula is C35H48N8O13. The fraction of sp³-hybridized carbons (Fsp3) is 0.514. The Morgan fingerprint density at radius 3 is 2.00 bits per heavy atom. The van der Waals surface area contributed by atoms with Crippen LogP contribution in [0.4, 0.5) is 0 Å². The summed E-state index contributed by atoms with van der Waals surface area (Å²) in [6, 6.07) is -2.85. The van der Waals surface area contributed by atoms with E-state index in [-0.39, 0.29) is 25.8 Å². The highest BCUT2D eigenvalue weighted by Crippen LogP contribution is 2.21. The van der Waals surface area contributed by atoms with Crippen LogP contribution in [0.1, 0.15) is 58.4 Å². The molecule has 1 fully saturated rings. The molecule has 1 aliphatic heterocycles. The number of aromatic amines is 1. The number of carbonyl (C=O) groups excluding carboxylic acids is 6. The van der Waals surface area contributed by atoms with Gasteiger partial charge in [0, 0.05) is 36.5 Å². The zero-order valence-electron chi connectivity index (χ0n) is 30.9. The lowest BCUT2D eigenvalue weighted by Gasteiger charge is -2.28. The van der Waals surface area contributed by atoms with E-state index in [0.717, 1.165) is 4.90 Å². The Morgan fingerprint density at radius 2 is 1.41 bits per heavy atom. The van der Waals surface area contributed by atoms with Crippen molar-refractivity contribution < 1.29 is 63.6 Å². The standard InChI is InChI=1S/C35H48N8O13/c1-16(30(50)41-24(14-27(47)48)34(54)43-12-6-9-25(43)35(55)56)38-32(52)23(13-19-15-37-22-8-5-4-7-20(19)22)40-29(49)17(2)39-33(53)28(18(3)44)42-31(51)21(36)10-11-26(45)46/h4-5,7-8,15-18,21,23-25,28,37,44H,6,9-14,36H2,1-3H3,(H,38,52)(H,39,53)(H,40,49)(H,41,50)(H,42,51)(H,45,46)(H,47,48)(H,55,56)/t16-,17-,18+,21-,23-,24-,25-,28-/m0/s1. The van der Waals surface area contributed by atoms with Crippen LogP contribution >= 0.6 is 0 Å². The number of benzene rings is 1. The molecule has 3 rings (SSSR count). The number of rotatable bonds is 20. The molecule has 12 N–H and O–H groups in total. The molecule has 6 amide bonds. The second kappa shape index (κ2) is 20.0. The average molecular weight is 789 g/mol. The number of nitrogens with one attached hydrogen (secondary N) is 6. The maximum atomic E-state index is 13.7. The van der Waals surface area contributed by atoms with Gasteiger partial charge in [-0.25, -0.2) is 4.79 Å². The summed E-state index contributed by atoms with van der Waals surface area (Å²) < 4.78 is 0. The molecule has 0 aliphatic carbocycles. The average Bonchev–Trinajstić information content (AvgIpc) is 3.79. The number of carboxylic acids is 3. The molecule has 1 saturated heterocycles. The number of aliphatic hydroxyl groups excluding tert-OH is 1. The molecule has 0 spiro atoms. The summed E-state index contributed by atoms with van der Waals surface area (Å²) in [4.78, 5) is 117. The highest BCUT2D eigenvalue weighted by Gasteiger charge is 2.39. The van der Waals surface area contributed by atoms with Crippen molar-refractivity contribution in [2.75, 3.05) is 6.54 Å². The van der Waals surface area contributed by atoms with E-state index in [1.807, 2.05) is 0 Å². The number of nitrogens with zero attached hydrogens (tertiary/aromatic N) is 1. The number of aliphatic hydroxyl groups is 1. The summed E-state index contributed by atoms with van der Waals surface area (Å²) in [7, 11) is 0. The molecule has 0 saturated carbocycles. The van der Waals surface area contributed by atoms with Crippen molar-refractivity contribution in [2.45, 2.75) is 108 Å². The first-order chi connectivity index (χ1) is 26.3. The summed E-state index contributed by atoms with van der Waals surface area (Å²) in [5.74, 6) is -9.52. The number of amides is 6. The summed E-state index contributed by atoms with van der Waals surface area (Å²) in [6.45, 7) is 3.74. The Balaban J connectivity index is 1.76. The molecule has 1 aromatic heterocycles. The van der Waals surface area contributed by atoms with Crippen LogP contribution in [-0.2, 0) is 49.6 Å². The topological polar surface area (TPSA) is 340 Å². The van der Waals surface area contributed by atoms with Gasteiger partial charge in [0.25, 0.3) is 0 Å². The van der Waals surface area contributed by atoms with Crippen LogP contribution in [0.3, 0.4) is 0 Å². The summed E-state index contributed by atoms with van der Waals surface area (Å²) in [5, 5.41) is 50.5. The number of fused-ring (bicyclic) bond motifs is 1. The fourth-order valence-corrected chi connectivity index (χ4v) is 6.01. The maximum absolute atomic E-state index is 13.7. The lowest BCUT2D eigenvalue weighted by atomic mass is 10.0. The first-order valence-electron chi connectivity index (χ1n) is 17.8. The number of likely N-dealkylation sites (tertiary alicyclic amines) is 1. The minimum Gasteiger partial charge on any atom is -0.481 e. The highest BCUT2D eigenvalue weighted by molar-refractivity contribution is 5.98. The Labute approximate surface area is 320 Å². The van der Waals surface area contributed by atoms with Gasteiger partial charge in [-0.3, -0.25) is 38.4 Å². The van der Waals surface area contributed by atoms with Crippen LogP contribution in [-0.4, -0.2) is 139 Å². The highest BCUT2D eigenvalue weighted by atomic mass is 16.4. The molecule has 56 heavy (non-hydrogen) atoms. The van der Waals surface area contributed by atoms with Gasteiger partial charge >= 0.3 is 17.9 Å². The molecule has 8 atom stereocenters. The number of H-pyrrole nitrogens is 1. The molecule has 306 valence electrons. The largest absolute Gasteiger partial charge is 0.481 e. The molecule has 21 nitrogen and oxygen atoms in total. The van der Waals surface area contributed by atoms with Crippen molar-refractivity contribution in [3.63, 3.8) is 0 Å². The van der Waals surface area contributed by atoms with Gasteiger partial charge < -0.3 is 62.6 Å². The van der Waals surface area contributed by atoms with E-state index >= 15 is 0 Å². The SMILES string of the molecule is C[C@H](NC(=O)[C@H](Cc1c[nH]c2ccccc12)NC(=O)[C@H](C)NC(=O)[C@@H](NC(=O)[C@@H](N)CCC(=O)O)[C@@H](C)O)C(=O)N[C@@H](CC(=O)O)C(=O)N1CCC[C@H]1C(=O)O. The van der Waals surface area contributed by atoms with Crippen molar-refractivity contribution >= 4 is 64.3 Å². The number of aromatic nitrogens is 1. The van der Waals surface area contributed by atoms with E-state index in [2.05, 4.69) is 31.6 Å². The molecule has 0 radical (unpaired) electrons. The third kappa shape index (κ3) is 12.2. The summed E-state index contributed by atoms with van der Waals surface area (Å²) >= 11 is 0. The number of carbonyl (C=O) groups is 9. The smallest absolute Gasteiger partial charge is 0.326 e. The van der Waals surface area contributed by atoms with E-state index in [1.54, 1.807) is 30.5 Å². The van der Waals surface area contributed by atoms with E-state index in [4.69, 9.17) is 10.8 Å².